The summed E-state index contributed by atoms with van der Waals surface area (Å²) in [6, 6.07) is 13.1. The number of carbonyl (C=O) groups excluding carboxylic acids is 1. The van der Waals surface area contributed by atoms with Crippen molar-refractivity contribution in [2.45, 2.75) is 18.2 Å². The lowest BCUT2D eigenvalue weighted by molar-refractivity contribution is -0.141. The summed E-state index contributed by atoms with van der Waals surface area (Å²) in [5.41, 5.74) is 1.47. The van der Waals surface area contributed by atoms with Gasteiger partial charge in [-0.3, -0.25) is 9.52 Å². The number of methoxy groups -OCH3 is 1. The van der Waals surface area contributed by atoms with Crippen LogP contribution in [0.25, 0.3) is 0 Å². The Bertz CT molecular complexity index is 800. The van der Waals surface area contributed by atoms with Gasteiger partial charge >= 0.3 is 5.97 Å². The molecule has 0 spiro atoms. The van der Waals surface area contributed by atoms with Crippen molar-refractivity contribution in [3.63, 3.8) is 0 Å². The van der Waals surface area contributed by atoms with Gasteiger partial charge in [0.2, 0.25) is 0 Å². The number of aryl methyl sites for hydroxylation is 1. The first-order chi connectivity index (χ1) is 11.4. The highest BCUT2D eigenvalue weighted by Crippen LogP contribution is 2.20. The molecule has 0 saturated carbocycles. The van der Waals surface area contributed by atoms with Gasteiger partial charge in [0.05, 0.1) is 25.0 Å². The van der Waals surface area contributed by atoms with E-state index < -0.39 is 10.0 Å². The third-order valence-electron chi connectivity index (χ3n) is 3.21. The summed E-state index contributed by atoms with van der Waals surface area (Å²) in [4.78, 5) is 11.1. The first kappa shape index (κ1) is 17.8. The van der Waals surface area contributed by atoms with Crippen LogP contribution in [0.1, 0.15) is 12.0 Å². The maximum atomic E-state index is 12.4. The van der Waals surface area contributed by atoms with Crippen LogP contribution in [-0.2, 0) is 19.6 Å². The van der Waals surface area contributed by atoms with E-state index in [-0.39, 0.29) is 23.9 Å². The molecule has 0 heterocycles. The SMILES string of the molecule is COC(=O)CCOc1ccc(S(=O)(=O)Nc2cccc(C)c2)cc1. The van der Waals surface area contributed by atoms with Gasteiger partial charge in [-0.25, -0.2) is 8.42 Å². The number of sulfonamides is 1. The zero-order chi connectivity index (χ0) is 17.6. The molecule has 1 N–H and O–H groups in total. The Labute approximate surface area is 141 Å². The van der Waals surface area contributed by atoms with E-state index in [1.54, 1.807) is 30.3 Å². The summed E-state index contributed by atoms with van der Waals surface area (Å²) >= 11 is 0. The molecule has 0 radical (unpaired) electrons. The Morgan fingerprint density at radius 3 is 2.46 bits per heavy atom. The van der Waals surface area contributed by atoms with Crippen molar-refractivity contribution in [2.75, 3.05) is 18.4 Å². The van der Waals surface area contributed by atoms with Crippen LogP contribution in [0.2, 0.25) is 0 Å². The predicted molar refractivity (Wildman–Crippen MR) is 90.6 cm³/mol. The van der Waals surface area contributed by atoms with Gasteiger partial charge in [-0.15, -0.1) is 0 Å². The second-order valence-electron chi connectivity index (χ2n) is 5.12. The van der Waals surface area contributed by atoms with Gasteiger partial charge in [0, 0.05) is 5.69 Å². The fraction of sp³-hybridized carbons (Fsp3) is 0.235. The number of hydrogen-bond acceptors (Lipinski definition) is 5. The molecule has 0 saturated heterocycles. The van der Waals surface area contributed by atoms with E-state index in [4.69, 9.17) is 4.74 Å². The average Bonchev–Trinajstić information content (AvgIpc) is 2.54. The molecule has 2 rings (SSSR count). The fourth-order valence-corrected chi connectivity index (χ4v) is 3.04. The minimum absolute atomic E-state index is 0.129. The molecule has 0 atom stereocenters. The molecular weight excluding hydrogens is 330 g/mol. The molecule has 24 heavy (non-hydrogen) atoms. The van der Waals surface area contributed by atoms with Crippen molar-refractivity contribution < 1.29 is 22.7 Å². The van der Waals surface area contributed by atoms with Crippen molar-refractivity contribution in [1.82, 2.24) is 0 Å². The maximum Gasteiger partial charge on any atom is 0.308 e. The zero-order valence-electron chi connectivity index (χ0n) is 13.5. The molecule has 0 bridgehead atoms. The standard InChI is InChI=1S/C17H19NO5S/c1-13-4-3-5-14(12-13)18-24(20,21)16-8-6-15(7-9-16)23-11-10-17(19)22-2/h3-9,12,18H,10-11H2,1-2H3. The summed E-state index contributed by atoms with van der Waals surface area (Å²) in [5, 5.41) is 0. The van der Waals surface area contributed by atoms with Crippen LogP contribution >= 0.6 is 0 Å². The fourth-order valence-electron chi connectivity index (χ4n) is 1.99. The first-order valence-electron chi connectivity index (χ1n) is 7.30. The van der Waals surface area contributed by atoms with Crippen molar-refractivity contribution in [1.29, 1.82) is 0 Å². The highest BCUT2D eigenvalue weighted by atomic mass is 32.2. The first-order valence-corrected chi connectivity index (χ1v) is 8.78. The van der Waals surface area contributed by atoms with E-state index in [2.05, 4.69) is 9.46 Å². The number of nitrogens with one attached hydrogen (secondary N) is 1. The summed E-state index contributed by atoms with van der Waals surface area (Å²) in [6.45, 7) is 2.05. The Balaban J connectivity index is 2.02. The van der Waals surface area contributed by atoms with Gasteiger partial charge < -0.3 is 9.47 Å². The lowest BCUT2D eigenvalue weighted by Crippen LogP contribution is -2.13. The highest BCUT2D eigenvalue weighted by Gasteiger charge is 2.14. The number of hydrogen-bond donors (Lipinski definition) is 1. The van der Waals surface area contributed by atoms with E-state index in [1.165, 1.54) is 19.2 Å². The summed E-state index contributed by atoms with van der Waals surface area (Å²) in [7, 11) is -2.36. The Hall–Kier alpha value is -2.54. The Morgan fingerprint density at radius 2 is 1.83 bits per heavy atom. The molecule has 0 unspecified atom stereocenters. The van der Waals surface area contributed by atoms with Crippen LogP contribution in [0.15, 0.2) is 53.4 Å². The number of benzene rings is 2. The van der Waals surface area contributed by atoms with Crippen LogP contribution in [0, 0.1) is 6.92 Å². The molecule has 128 valence electrons. The largest absolute Gasteiger partial charge is 0.493 e. The van der Waals surface area contributed by atoms with E-state index in [0.717, 1.165) is 5.56 Å². The summed E-state index contributed by atoms with van der Waals surface area (Å²) in [6.07, 6.45) is 0.130. The normalized spacial score (nSPS) is 10.9. The second kappa shape index (κ2) is 7.83. The molecular formula is C17H19NO5S. The minimum Gasteiger partial charge on any atom is -0.493 e. The molecule has 0 aliphatic rings. The van der Waals surface area contributed by atoms with Gasteiger partial charge in [0.25, 0.3) is 10.0 Å². The quantitative estimate of drug-likeness (QED) is 0.777. The highest BCUT2D eigenvalue weighted by molar-refractivity contribution is 7.92. The number of ether oxygens (including phenoxy) is 2. The molecule has 2 aromatic rings. The lowest BCUT2D eigenvalue weighted by atomic mass is 10.2. The lowest BCUT2D eigenvalue weighted by Gasteiger charge is -2.10. The van der Waals surface area contributed by atoms with Crippen LogP contribution in [0.5, 0.6) is 5.75 Å². The Kier molecular flexibility index (Phi) is 5.81. The van der Waals surface area contributed by atoms with E-state index in [9.17, 15) is 13.2 Å². The number of carbonyl (C=O) groups is 1. The second-order valence-corrected chi connectivity index (χ2v) is 6.80. The van der Waals surface area contributed by atoms with Gasteiger partial charge in [-0.1, -0.05) is 12.1 Å². The van der Waals surface area contributed by atoms with Crippen molar-refractivity contribution in [2.24, 2.45) is 0 Å². The zero-order valence-corrected chi connectivity index (χ0v) is 14.3. The third kappa shape index (κ3) is 4.99. The summed E-state index contributed by atoms with van der Waals surface area (Å²) in [5.74, 6) is 0.116. The molecule has 0 aliphatic carbocycles. The molecule has 7 heteroatoms. The third-order valence-corrected chi connectivity index (χ3v) is 4.60. The summed E-state index contributed by atoms with van der Waals surface area (Å²) < 4.78 is 37.1. The number of esters is 1. The number of rotatable bonds is 7. The van der Waals surface area contributed by atoms with Crippen LogP contribution in [0.3, 0.4) is 0 Å². The average molecular weight is 349 g/mol. The molecule has 0 aliphatic heterocycles. The number of anilines is 1. The van der Waals surface area contributed by atoms with Crippen LogP contribution in [-0.4, -0.2) is 28.1 Å². The molecule has 0 amide bonds. The van der Waals surface area contributed by atoms with Gasteiger partial charge in [0.1, 0.15) is 5.75 Å². The van der Waals surface area contributed by atoms with Gasteiger partial charge in [-0.2, -0.15) is 0 Å². The molecule has 0 aromatic heterocycles. The smallest absolute Gasteiger partial charge is 0.308 e. The van der Waals surface area contributed by atoms with Crippen LogP contribution < -0.4 is 9.46 Å². The Morgan fingerprint density at radius 1 is 1.12 bits per heavy atom. The molecule has 0 fully saturated rings. The van der Waals surface area contributed by atoms with E-state index >= 15 is 0 Å². The van der Waals surface area contributed by atoms with Crippen LogP contribution in [0.4, 0.5) is 5.69 Å². The predicted octanol–water partition coefficient (Wildman–Crippen LogP) is 2.74. The van der Waals surface area contributed by atoms with Gasteiger partial charge in [0.15, 0.2) is 0 Å². The molecule has 2 aromatic carbocycles. The topological polar surface area (TPSA) is 81.7 Å². The maximum absolute atomic E-state index is 12.4. The molecule has 6 nitrogen and oxygen atoms in total. The van der Waals surface area contributed by atoms with E-state index in [0.29, 0.717) is 11.4 Å². The van der Waals surface area contributed by atoms with E-state index in [1.807, 2.05) is 13.0 Å². The minimum atomic E-state index is -3.66. The van der Waals surface area contributed by atoms with Crippen molar-refractivity contribution in [3.8, 4) is 5.75 Å². The monoisotopic (exact) mass is 349 g/mol. The van der Waals surface area contributed by atoms with Crippen molar-refractivity contribution in [3.05, 3.63) is 54.1 Å². The van der Waals surface area contributed by atoms with Crippen molar-refractivity contribution >= 4 is 21.7 Å². The van der Waals surface area contributed by atoms with Gasteiger partial charge in [-0.05, 0) is 48.9 Å².